The number of anilines is 1. The number of nitrogens with one attached hydrogen (secondary N) is 1. The van der Waals surface area contributed by atoms with Gasteiger partial charge in [0.1, 0.15) is 5.75 Å². The summed E-state index contributed by atoms with van der Waals surface area (Å²) in [5.41, 5.74) is 1.93. The monoisotopic (exact) mass is 234 g/mol. The van der Waals surface area contributed by atoms with Crippen LogP contribution in [0.2, 0.25) is 0 Å². The molecule has 3 heteroatoms. The summed E-state index contributed by atoms with van der Waals surface area (Å²) in [6.45, 7) is 4.07. The van der Waals surface area contributed by atoms with Crippen molar-refractivity contribution >= 4 is 5.69 Å². The molecule has 0 bridgehead atoms. The first-order chi connectivity index (χ1) is 8.16. The SMILES string of the molecule is Cc1ccc(NCC2CCCCN2C)cc1O. The van der Waals surface area contributed by atoms with Gasteiger partial charge in [0.15, 0.2) is 0 Å². The second-order valence-corrected chi connectivity index (χ2v) is 5.01. The summed E-state index contributed by atoms with van der Waals surface area (Å²) in [5.74, 6) is 0.368. The zero-order valence-corrected chi connectivity index (χ0v) is 10.7. The van der Waals surface area contributed by atoms with Crippen LogP contribution in [-0.4, -0.2) is 36.2 Å². The molecule has 94 valence electrons. The Bertz CT molecular complexity index is 378. The average molecular weight is 234 g/mol. The van der Waals surface area contributed by atoms with Gasteiger partial charge in [0.2, 0.25) is 0 Å². The number of aryl methyl sites for hydroxylation is 1. The number of rotatable bonds is 3. The van der Waals surface area contributed by atoms with Gasteiger partial charge in [-0.2, -0.15) is 0 Å². The molecular weight excluding hydrogens is 212 g/mol. The van der Waals surface area contributed by atoms with Crippen LogP contribution in [-0.2, 0) is 0 Å². The molecule has 1 aromatic rings. The molecule has 0 saturated carbocycles. The quantitative estimate of drug-likeness (QED) is 0.844. The van der Waals surface area contributed by atoms with Crippen LogP contribution >= 0.6 is 0 Å². The first-order valence-electron chi connectivity index (χ1n) is 6.40. The van der Waals surface area contributed by atoms with Gasteiger partial charge < -0.3 is 15.3 Å². The molecule has 1 unspecified atom stereocenters. The van der Waals surface area contributed by atoms with Crippen LogP contribution in [0.4, 0.5) is 5.69 Å². The molecule has 1 fully saturated rings. The van der Waals surface area contributed by atoms with Gasteiger partial charge in [-0.3, -0.25) is 0 Å². The van der Waals surface area contributed by atoms with E-state index in [9.17, 15) is 5.11 Å². The summed E-state index contributed by atoms with van der Waals surface area (Å²) < 4.78 is 0. The van der Waals surface area contributed by atoms with Crippen molar-refractivity contribution in [3.05, 3.63) is 23.8 Å². The van der Waals surface area contributed by atoms with Gasteiger partial charge in [0.05, 0.1) is 0 Å². The third-order valence-corrected chi connectivity index (χ3v) is 3.67. The van der Waals surface area contributed by atoms with E-state index in [-0.39, 0.29) is 0 Å². The second kappa shape index (κ2) is 5.41. The van der Waals surface area contributed by atoms with Crippen molar-refractivity contribution in [1.82, 2.24) is 4.90 Å². The number of phenolic OH excluding ortho intramolecular Hbond substituents is 1. The third-order valence-electron chi connectivity index (χ3n) is 3.67. The first-order valence-corrected chi connectivity index (χ1v) is 6.40. The number of phenols is 1. The van der Waals surface area contributed by atoms with Crippen molar-refractivity contribution < 1.29 is 5.11 Å². The number of benzene rings is 1. The predicted octanol–water partition coefficient (Wildman–Crippen LogP) is 2.60. The van der Waals surface area contributed by atoms with Crippen LogP contribution in [0.3, 0.4) is 0 Å². The lowest BCUT2D eigenvalue weighted by molar-refractivity contribution is 0.194. The molecule has 2 N–H and O–H groups in total. The standard InChI is InChI=1S/C14H22N2O/c1-11-6-7-12(9-14(11)17)15-10-13-5-3-4-8-16(13)2/h6-7,9,13,15,17H,3-5,8,10H2,1-2H3. The number of nitrogens with zero attached hydrogens (tertiary/aromatic N) is 1. The van der Waals surface area contributed by atoms with E-state index >= 15 is 0 Å². The smallest absolute Gasteiger partial charge is 0.120 e. The van der Waals surface area contributed by atoms with Crippen LogP contribution in [0.1, 0.15) is 24.8 Å². The van der Waals surface area contributed by atoms with E-state index in [4.69, 9.17) is 0 Å². The van der Waals surface area contributed by atoms with Crippen molar-refractivity contribution in [1.29, 1.82) is 0 Å². The molecule has 1 saturated heterocycles. The van der Waals surface area contributed by atoms with Crippen LogP contribution in [0.15, 0.2) is 18.2 Å². The highest BCUT2D eigenvalue weighted by Crippen LogP contribution is 2.21. The van der Waals surface area contributed by atoms with E-state index in [1.54, 1.807) is 6.07 Å². The van der Waals surface area contributed by atoms with Crippen molar-refractivity contribution in [2.45, 2.75) is 32.2 Å². The van der Waals surface area contributed by atoms with Gasteiger partial charge in [-0.1, -0.05) is 12.5 Å². The lowest BCUT2D eigenvalue weighted by Crippen LogP contribution is -2.40. The van der Waals surface area contributed by atoms with Gasteiger partial charge >= 0.3 is 0 Å². The van der Waals surface area contributed by atoms with Gasteiger partial charge in [-0.25, -0.2) is 0 Å². The first kappa shape index (κ1) is 12.2. The van der Waals surface area contributed by atoms with Gasteiger partial charge in [-0.05, 0) is 45.0 Å². The molecule has 2 rings (SSSR count). The molecule has 1 aliphatic rings. The Balaban J connectivity index is 1.90. The summed E-state index contributed by atoms with van der Waals surface area (Å²) in [5, 5.41) is 13.0. The van der Waals surface area contributed by atoms with E-state index in [0.717, 1.165) is 17.8 Å². The Morgan fingerprint density at radius 3 is 2.94 bits per heavy atom. The minimum atomic E-state index is 0.368. The Hall–Kier alpha value is -1.22. The third kappa shape index (κ3) is 3.13. The van der Waals surface area contributed by atoms with Gasteiger partial charge in [0, 0.05) is 24.3 Å². The highest BCUT2D eigenvalue weighted by Gasteiger charge is 2.18. The number of hydrogen-bond donors (Lipinski definition) is 2. The molecule has 17 heavy (non-hydrogen) atoms. The molecule has 0 amide bonds. The Morgan fingerprint density at radius 2 is 2.24 bits per heavy atom. The minimum absolute atomic E-state index is 0.368. The van der Waals surface area contributed by atoms with Crippen LogP contribution in [0.25, 0.3) is 0 Å². The van der Waals surface area contributed by atoms with Crippen molar-refractivity contribution in [3.63, 3.8) is 0 Å². The molecule has 1 aliphatic heterocycles. The average Bonchev–Trinajstić information content (AvgIpc) is 2.32. The number of aromatic hydroxyl groups is 1. The summed E-state index contributed by atoms with van der Waals surface area (Å²) in [4.78, 5) is 2.42. The Labute approximate surface area is 103 Å². The van der Waals surface area contributed by atoms with Gasteiger partial charge in [-0.15, -0.1) is 0 Å². The number of hydrogen-bond acceptors (Lipinski definition) is 3. The Kier molecular flexibility index (Phi) is 3.89. The Morgan fingerprint density at radius 1 is 1.41 bits per heavy atom. The fraction of sp³-hybridized carbons (Fsp3) is 0.571. The van der Waals surface area contributed by atoms with Gasteiger partial charge in [0.25, 0.3) is 0 Å². The number of likely N-dealkylation sites (tertiary alicyclic amines) is 1. The van der Waals surface area contributed by atoms with Crippen molar-refractivity contribution in [2.75, 3.05) is 25.5 Å². The van der Waals surface area contributed by atoms with E-state index in [0.29, 0.717) is 11.8 Å². The summed E-state index contributed by atoms with van der Waals surface area (Å²) in [6.07, 6.45) is 3.91. The minimum Gasteiger partial charge on any atom is -0.508 e. The molecule has 0 aromatic heterocycles. The summed E-state index contributed by atoms with van der Waals surface area (Å²) >= 11 is 0. The number of likely N-dealkylation sites (N-methyl/N-ethyl adjacent to an activating group) is 1. The van der Waals surface area contributed by atoms with E-state index in [2.05, 4.69) is 17.3 Å². The topological polar surface area (TPSA) is 35.5 Å². The molecule has 0 radical (unpaired) electrons. The largest absolute Gasteiger partial charge is 0.508 e. The van der Waals surface area contributed by atoms with Crippen LogP contribution < -0.4 is 5.32 Å². The zero-order chi connectivity index (χ0) is 12.3. The molecule has 1 atom stereocenters. The molecule has 3 nitrogen and oxygen atoms in total. The fourth-order valence-electron chi connectivity index (χ4n) is 2.36. The van der Waals surface area contributed by atoms with Crippen LogP contribution in [0, 0.1) is 6.92 Å². The van der Waals surface area contributed by atoms with E-state index in [1.165, 1.54) is 25.8 Å². The van der Waals surface area contributed by atoms with Crippen molar-refractivity contribution in [3.8, 4) is 5.75 Å². The molecule has 1 aromatic carbocycles. The second-order valence-electron chi connectivity index (χ2n) is 5.01. The van der Waals surface area contributed by atoms with E-state index < -0.39 is 0 Å². The lowest BCUT2D eigenvalue weighted by Gasteiger charge is -2.32. The normalized spacial score (nSPS) is 21.4. The molecule has 0 aliphatic carbocycles. The maximum Gasteiger partial charge on any atom is 0.120 e. The maximum absolute atomic E-state index is 9.64. The summed E-state index contributed by atoms with van der Waals surface area (Å²) in [7, 11) is 2.19. The molecule has 1 heterocycles. The lowest BCUT2D eigenvalue weighted by atomic mass is 10.0. The van der Waals surface area contributed by atoms with E-state index in [1.807, 2.05) is 19.1 Å². The molecular formula is C14H22N2O. The van der Waals surface area contributed by atoms with Crippen molar-refractivity contribution in [2.24, 2.45) is 0 Å². The maximum atomic E-state index is 9.64. The predicted molar refractivity (Wildman–Crippen MR) is 71.6 cm³/mol. The zero-order valence-electron chi connectivity index (χ0n) is 10.7. The van der Waals surface area contributed by atoms with Crippen LogP contribution in [0.5, 0.6) is 5.75 Å². The highest BCUT2D eigenvalue weighted by molar-refractivity contribution is 5.50. The highest BCUT2D eigenvalue weighted by atomic mass is 16.3. The fourth-order valence-corrected chi connectivity index (χ4v) is 2.36. The number of piperidine rings is 1. The summed E-state index contributed by atoms with van der Waals surface area (Å²) in [6, 6.07) is 6.39. The molecule has 0 spiro atoms.